The summed E-state index contributed by atoms with van der Waals surface area (Å²) in [6.07, 6.45) is 0. The molecule has 0 bridgehead atoms. The highest BCUT2D eigenvalue weighted by Gasteiger charge is 2.40. The normalized spacial score (nSPS) is 14.4. The standard InChI is InChI=1S/C6H16N2O12S4/c1-17-21(9,10)7(22(11,12)18-2)5-6-8(23(13,14)19-3)24(15,16)20-4/h5-6H2,1-4H3. The summed E-state index contributed by atoms with van der Waals surface area (Å²) in [7, 11) is -17.1. The molecule has 0 aromatic carbocycles. The van der Waals surface area contributed by atoms with Gasteiger partial charge < -0.3 is 0 Å². The van der Waals surface area contributed by atoms with Crippen LogP contribution in [0, 0.1) is 0 Å². The van der Waals surface area contributed by atoms with Crippen LogP contribution < -0.4 is 0 Å². The first-order valence-electron chi connectivity index (χ1n) is 5.50. The molecule has 0 aromatic rings. The molecule has 0 aliphatic heterocycles. The summed E-state index contributed by atoms with van der Waals surface area (Å²) >= 11 is 0. The van der Waals surface area contributed by atoms with Crippen LogP contribution in [0.25, 0.3) is 0 Å². The van der Waals surface area contributed by atoms with E-state index in [4.69, 9.17) is 0 Å². The van der Waals surface area contributed by atoms with E-state index in [1.165, 1.54) is 0 Å². The van der Waals surface area contributed by atoms with Gasteiger partial charge in [0.25, 0.3) is 0 Å². The van der Waals surface area contributed by atoms with Crippen LogP contribution >= 0.6 is 0 Å². The first-order valence-corrected chi connectivity index (χ1v) is 11.0. The molecule has 0 fully saturated rings. The Morgan fingerprint density at radius 3 is 0.792 bits per heavy atom. The van der Waals surface area contributed by atoms with Gasteiger partial charge in [0.1, 0.15) is 0 Å². The summed E-state index contributed by atoms with van der Waals surface area (Å²) in [5, 5.41) is 0. The minimum Gasteiger partial charge on any atom is -0.260 e. The third-order valence-electron chi connectivity index (χ3n) is 2.31. The molecule has 0 aliphatic rings. The van der Waals surface area contributed by atoms with E-state index in [1.54, 1.807) is 0 Å². The van der Waals surface area contributed by atoms with Crippen molar-refractivity contribution < 1.29 is 50.4 Å². The molecule has 0 unspecified atom stereocenters. The van der Waals surface area contributed by atoms with Crippen molar-refractivity contribution in [2.24, 2.45) is 0 Å². The fraction of sp³-hybridized carbons (Fsp3) is 1.00. The van der Waals surface area contributed by atoms with E-state index >= 15 is 0 Å². The molecule has 0 atom stereocenters. The van der Waals surface area contributed by atoms with E-state index < -0.39 is 54.3 Å². The molecule has 14 nitrogen and oxygen atoms in total. The highest BCUT2D eigenvalue weighted by Crippen LogP contribution is 2.15. The summed E-state index contributed by atoms with van der Waals surface area (Å²) in [6, 6.07) is 0. The van der Waals surface area contributed by atoms with Gasteiger partial charge in [0, 0.05) is 13.1 Å². The number of rotatable bonds is 11. The zero-order valence-electron chi connectivity index (χ0n) is 12.8. The lowest BCUT2D eigenvalue weighted by Gasteiger charge is -2.22. The van der Waals surface area contributed by atoms with Gasteiger partial charge in [-0.25, -0.2) is 0 Å². The third kappa shape index (κ3) is 5.54. The van der Waals surface area contributed by atoms with Crippen molar-refractivity contribution in [1.29, 1.82) is 0 Å². The molecule has 0 saturated carbocycles. The second-order valence-electron chi connectivity index (χ2n) is 3.49. The van der Waals surface area contributed by atoms with Crippen LogP contribution in [0.3, 0.4) is 0 Å². The molecule has 0 aliphatic carbocycles. The van der Waals surface area contributed by atoms with Gasteiger partial charge in [-0.3, -0.25) is 16.7 Å². The average Bonchev–Trinajstić information content (AvgIpc) is 2.50. The Labute approximate surface area is 140 Å². The molecule has 146 valence electrons. The Morgan fingerprint density at radius 2 is 0.667 bits per heavy atom. The molecule has 0 radical (unpaired) electrons. The zero-order valence-corrected chi connectivity index (χ0v) is 16.1. The van der Waals surface area contributed by atoms with Gasteiger partial charge in [0.05, 0.1) is 28.4 Å². The Bertz CT molecular complexity index is 686. The van der Waals surface area contributed by atoms with Crippen LogP contribution in [0.4, 0.5) is 0 Å². The van der Waals surface area contributed by atoms with Crippen molar-refractivity contribution in [1.82, 2.24) is 7.42 Å². The molecule has 0 amide bonds. The summed E-state index contributed by atoms with van der Waals surface area (Å²) in [4.78, 5) is 0. The van der Waals surface area contributed by atoms with Gasteiger partial charge in [-0.1, -0.05) is 0 Å². The highest BCUT2D eigenvalue weighted by molar-refractivity contribution is 8.00. The molecule has 0 N–H and O–H groups in total. The Kier molecular flexibility index (Phi) is 8.14. The van der Waals surface area contributed by atoms with Gasteiger partial charge in [-0.15, -0.1) is 0 Å². The van der Waals surface area contributed by atoms with Crippen LogP contribution in [0.5, 0.6) is 0 Å². The van der Waals surface area contributed by atoms with Crippen molar-refractivity contribution in [2.75, 3.05) is 41.5 Å². The topological polar surface area (TPSA) is 180 Å². The van der Waals surface area contributed by atoms with Crippen molar-refractivity contribution in [3.8, 4) is 0 Å². The quantitative estimate of drug-likeness (QED) is 0.324. The summed E-state index contributed by atoms with van der Waals surface area (Å²) in [5.74, 6) is 0. The zero-order chi connectivity index (χ0) is 19.4. The van der Waals surface area contributed by atoms with Gasteiger partial charge in [0.2, 0.25) is 0 Å². The van der Waals surface area contributed by atoms with Gasteiger partial charge >= 0.3 is 41.2 Å². The summed E-state index contributed by atoms with van der Waals surface area (Å²) in [5.41, 5.74) is 0. The summed E-state index contributed by atoms with van der Waals surface area (Å²) in [6.45, 7) is -2.42. The molecule has 0 spiro atoms. The fourth-order valence-electron chi connectivity index (χ4n) is 1.17. The first kappa shape index (κ1) is 23.6. The molecule has 0 heterocycles. The minimum atomic E-state index is -4.91. The SMILES string of the molecule is COS(=O)(=O)N(CCN(S(=O)(=O)OC)S(=O)(=O)OC)S(=O)(=O)OC. The monoisotopic (exact) mass is 436 g/mol. The van der Waals surface area contributed by atoms with E-state index in [0.29, 0.717) is 28.4 Å². The van der Waals surface area contributed by atoms with Gasteiger partial charge in [-0.05, 0) is 7.42 Å². The van der Waals surface area contributed by atoms with E-state index in [2.05, 4.69) is 16.7 Å². The number of hydrogen-bond donors (Lipinski definition) is 0. The average molecular weight is 436 g/mol. The highest BCUT2D eigenvalue weighted by atomic mass is 32.3. The largest absolute Gasteiger partial charge is 0.353 e. The predicted octanol–water partition coefficient (Wildman–Crippen LogP) is -2.84. The van der Waals surface area contributed by atoms with E-state index in [-0.39, 0.29) is 7.42 Å². The van der Waals surface area contributed by atoms with Crippen LogP contribution in [0.15, 0.2) is 0 Å². The second kappa shape index (κ2) is 8.29. The van der Waals surface area contributed by atoms with E-state index in [9.17, 15) is 33.7 Å². The molecular weight excluding hydrogens is 420 g/mol. The van der Waals surface area contributed by atoms with Crippen molar-refractivity contribution in [2.45, 2.75) is 0 Å². The maximum atomic E-state index is 11.6. The number of nitrogens with zero attached hydrogens (tertiary/aromatic N) is 2. The molecular formula is C6H16N2O12S4. The Morgan fingerprint density at radius 1 is 0.500 bits per heavy atom. The van der Waals surface area contributed by atoms with Crippen molar-refractivity contribution in [3.05, 3.63) is 0 Å². The Balaban J connectivity index is 5.91. The molecule has 24 heavy (non-hydrogen) atoms. The smallest absolute Gasteiger partial charge is 0.260 e. The maximum Gasteiger partial charge on any atom is 0.353 e. The van der Waals surface area contributed by atoms with Crippen LogP contribution in [0.2, 0.25) is 0 Å². The first-order chi connectivity index (χ1) is 10.7. The van der Waals surface area contributed by atoms with Crippen LogP contribution in [0.1, 0.15) is 0 Å². The predicted molar refractivity (Wildman–Crippen MR) is 77.1 cm³/mol. The third-order valence-corrected chi connectivity index (χ3v) is 8.91. The molecule has 18 heteroatoms. The van der Waals surface area contributed by atoms with Crippen molar-refractivity contribution in [3.63, 3.8) is 0 Å². The maximum absolute atomic E-state index is 11.6. The lowest BCUT2D eigenvalue weighted by atomic mass is 10.7. The van der Waals surface area contributed by atoms with Crippen LogP contribution in [-0.2, 0) is 57.9 Å². The molecule has 0 saturated heterocycles. The lowest BCUT2D eigenvalue weighted by Crippen LogP contribution is -2.46. The van der Waals surface area contributed by atoms with E-state index in [1.807, 2.05) is 0 Å². The Hall–Kier alpha value is -0.440. The molecule has 0 rings (SSSR count). The van der Waals surface area contributed by atoms with Gasteiger partial charge in [0.15, 0.2) is 0 Å². The number of hydrogen-bond acceptors (Lipinski definition) is 12. The summed E-state index contributed by atoms with van der Waals surface area (Å²) < 4.78 is 108. The van der Waals surface area contributed by atoms with Gasteiger partial charge in [-0.2, -0.15) is 33.7 Å². The lowest BCUT2D eigenvalue weighted by molar-refractivity contribution is 0.299. The second-order valence-corrected chi connectivity index (χ2v) is 10.5. The van der Waals surface area contributed by atoms with Crippen molar-refractivity contribution >= 4 is 41.2 Å². The fourth-order valence-corrected chi connectivity index (χ4v) is 5.57. The van der Waals surface area contributed by atoms with E-state index in [0.717, 1.165) is 0 Å². The minimum absolute atomic E-state index is 0.386. The molecule has 0 aromatic heterocycles. The van der Waals surface area contributed by atoms with Crippen LogP contribution in [-0.4, -0.2) is 82.6 Å².